The normalized spacial score (nSPS) is 10.4. The molecule has 0 aliphatic carbocycles. The highest BCUT2D eigenvalue weighted by molar-refractivity contribution is 6.36. The number of nitrogens with one attached hydrogen (secondary N) is 1. The molecular formula is C25H28F4N4O4. The fourth-order valence-corrected chi connectivity index (χ4v) is 2.29. The third kappa shape index (κ3) is 9.24. The molecule has 0 fully saturated rings. The number of carbonyl (C=O) groups is 2. The minimum atomic E-state index is -3.83. The third-order valence-corrected chi connectivity index (χ3v) is 4.19. The molecule has 0 spiro atoms. The molecule has 3 rings (SSSR count). The van der Waals surface area contributed by atoms with Crippen molar-refractivity contribution in [2.24, 2.45) is 0 Å². The Morgan fingerprint density at radius 1 is 1.00 bits per heavy atom. The van der Waals surface area contributed by atoms with Gasteiger partial charge in [-0.25, -0.2) is 9.78 Å². The number of hydrogen-bond donors (Lipinski definition) is 3. The van der Waals surface area contributed by atoms with E-state index in [1.54, 1.807) is 36.4 Å². The number of allylic oxidation sites excluding steroid dienone is 2. The predicted octanol–water partition coefficient (Wildman–Crippen LogP) is 4.63. The quantitative estimate of drug-likeness (QED) is 0.140. The number of aromatic amines is 1. The maximum atomic E-state index is 13.3. The summed E-state index contributed by atoms with van der Waals surface area (Å²) in [4.78, 5) is 38.3. The maximum Gasteiger partial charge on any atom is 0.381 e. The van der Waals surface area contributed by atoms with Gasteiger partial charge in [0, 0.05) is 0 Å². The predicted molar refractivity (Wildman–Crippen MR) is 135 cm³/mol. The van der Waals surface area contributed by atoms with Crippen molar-refractivity contribution in [3.8, 4) is 0 Å². The van der Waals surface area contributed by atoms with Crippen LogP contribution in [0.1, 0.15) is 20.0 Å². The number of anilines is 2. The first-order chi connectivity index (χ1) is 16.8. The number of Topliss-reactive ketones (excluding diaryl/α,β-unsaturated/α-hetero) is 1. The van der Waals surface area contributed by atoms with Crippen LogP contribution >= 0.6 is 0 Å². The Morgan fingerprint density at radius 3 is 1.97 bits per heavy atom. The number of nitrogens with zero attached hydrogens (tertiary/aromatic N) is 1. The highest BCUT2D eigenvalue weighted by atomic mass is 19.3. The van der Waals surface area contributed by atoms with Crippen molar-refractivity contribution < 1.29 is 31.9 Å². The molecule has 1 aromatic heterocycles. The highest BCUT2D eigenvalue weighted by Crippen LogP contribution is 2.25. The minimum absolute atomic E-state index is 0. The number of ether oxygens (including phenoxy) is 1. The van der Waals surface area contributed by atoms with Crippen LogP contribution in [0.2, 0.25) is 0 Å². The number of hydrogen-bond acceptors (Lipinski definition) is 7. The van der Waals surface area contributed by atoms with E-state index in [9.17, 15) is 31.9 Å². The van der Waals surface area contributed by atoms with Gasteiger partial charge in [-0.3, -0.25) is 9.59 Å². The largest absolute Gasteiger partial charge is 0.460 e. The Kier molecular flexibility index (Phi) is 12.5. The SMILES string of the molecule is C.C=CC(F)(F)C(=O)C(=O)OCC.C=CC(F)(F)c1nc2ccccc2[nH]c1=O.Nc1ccccc1N. The molecule has 0 saturated carbocycles. The van der Waals surface area contributed by atoms with E-state index in [4.69, 9.17) is 11.5 Å². The number of nitrogens with two attached hydrogens (primary N) is 2. The van der Waals surface area contributed by atoms with Gasteiger partial charge in [-0.05, 0) is 43.3 Å². The van der Waals surface area contributed by atoms with E-state index in [1.165, 1.54) is 6.92 Å². The monoisotopic (exact) mass is 524 g/mol. The molecule has 12 heteroatoms. The molecule has 0 amide bonds. The molecule has 8 nitrogen and oxygen atoms in total. The second kappa shape index (κ2) is 14.2. The van der Waals surface area contributed by atoms with Gasteiger partial charge in [-0.15, -0.1) is 0 Å². The van der Waals surface area contributed by atoms with Crippen molar-refractivity contribution in [3.63, 3.8) is 0 Å². The van der Waals surface area contributed by atoms with Crippen LogP contribution in [0.25, 0.3) is 11.0 Å². The van der Waals surface area contributed by atoms with E-state index in [1.807, 2.05) is 12.1 Å². The second-order valence-corrected chi connectivity index (χ2v) is 6.76. The fourth-order valence-electron chi connectivity index (χ4n) is 2.29. The lowest BCUT2D eigenvalue weighted by Crippen LogP contribution is -2.34. The van der Waals surface area contributed by atoms with Crippen LogP contribution in [0, 0.1) is 0 Å². The summed E-state index contributed by atoms with van der Waals surface area (Å²) in [7, 11) is 0. The Hall–Kier alpha value is -4.48. The third-order valence-electron chi connectivity index (χ3n) is 4.19. The molecule has 0 atom stereocenters. The van der Waals surface area contributed by atoms with Gasteiger partial charge in [-0.2, -0.15) is 17.6 Å². The van der Waals surface area contributed by atoms with Gasteiger partial charge in [0.05, 0.1) is 29.0 Å². The summed E-state index contributed by atoms with van der Waals surface area (Å²) in [5.74, 6) is -10.7. The number of rotatable bonds is 6. The molecule has 200 valence electrons. The van der Waals surface area contributed by atoms with Gasteiger partial charge < -0.3 is 21.2 Å². The van der Waals surface area contributed by atoms with Gasteiger partial charge in [0.15, 0.2) is 5.69 Å². The topological polar surface area (TPSA) is 141 Å². The molecule has 0 aliphatic rings. The number of nitrogen functional groups attached to an aromatic ring is 2. The average molecular weight is 525 g/mol. The Morgan fingerprint density at radius 2 is 1.51 bits per heavy atom. The van der Waals surface area contributed by atoms with Crippen LogP contribution < -0.4 is 17.0 Å². The second-order valence-electron chi connectivity index (χ2n) is 6.76. The van der Waals surface area contributed by atoms with Gasteiger partial charge in [-0.1, -0.05) is 44.8 Å². The number of carbonyl (C=O) groups excluding carboxylic acids is 2. The molecule has 0 bridgehead atoms. The standard InChI is InChI=1S/C11H8F2N2O.C7H8F2O3.C6H8N2.CH4/c1-2-11(12,13)9-10(16)15-8-6-4-3-5-7(8)14-9;1-3-7(8,9)5(10)6(11)12-4-2;7-5-3-1-2-4-6(5)8;/h2-6H,1H2,(H,15,16);3H,1,4H2,2H3;1-4H,7-8H2;1H4. The van der Waals surface area contributed by atoms with Crippen molar-refractivity contribution in [1.29, 1.82) is 0 Å². The molecule has 5 N–H and O–H groups in total. The first kappa shape index (κ1) is 32.5. The van der Waals surface area contributed by atoms with E-state index in [0.29, 0.717) is 28.5 Å². The van der Waals surface area contributed by atoms with Gasteiger partial charge >= 0.3 is 23.6 Å². The molecule has 0 unspecified atom stereocenters. The van der Waals surface area contributed by atoms with Gasteiger partial charge in [0.25, 0.3) is 5.56 Å². The summed E-state index contributed by atoms with van der Waals surface area (Å²) in [6, 6.07) is 13.7. The molecule has 37 heavy (non-hydrogen) atoms. The number of ketones is 1. The zero-order valence-corrected chi connectivity index (χ0v) is 19.1. The van der Waals surface area contributed by atoms with Crippen molar-refractivity contribution >= 4 is 34.2 Å². The number of H-pyrrole nitrogens is 1. The number of aromatic nitrogens is 2. The number of benzene rings is 2. The van der Waals surface area contributed by atoms with E-state index in [2.05, 4.69) is 27.9 Å². The van der Waals surface area contributed by atoms with Crippen molar-refractivity contribution in [2.45, 2.75) is 26.2 Å². The highest BCUT2D eigenvalue weighted by Gasteiger charge is 2.41. The zero-order valence-electron chi connectivity index (χ0n) is 19.1. The van der Waals surface area contributed by atoms with E-state index in [-0.39, 0.29) is 20.1 Å². The lowest BCUT2D eigenvalue weighted by Gasteiger charge is -2.09. The summed E-state index contributed by atoms with van der Waals surface area (Å²) in [6.45, 7) is 7.01. The van der Waals surface area contributed by atoms with Crippen molar-refractivity contribution in [2.75, 3.05) is 18.1 Å². The molecule has 0 aliphatic heterocycles. The summed E-state index contributed by atoms with van der Waals surface area (Å²) >= 11 is 0. The first-order valence-corrected chi connectivity index (χ1v) is 10.1. The van der Waals surface area contributed by atoms with Crippen LogP contribution in [0.15, 0.2) is 78.6 Å². The van der Waals surface area contributed by atoms with Gasteiger partial charge in [0.2, 0.25) is 0 Å². The smallest absolute Gasteiger partial charge is 0.381 e. The molecule has 0 saturated heterocycles. The van der Waals surface area contributed by atoms with E-state index in [0.717, 1.165) is 0 Å². The lowest BCUT2D eigenvalue weighted by atomic mass is 10.2. The van der Waals surface area contributed by atoms with Crippen LogP contribution in [0.4, 0.5) is 28.9 Å². The Labute approximate surface area is 210 Å². The van der Waals surface area contributed by atoms with Gasteiger partial charge in [0.1, 0.15) is 0 Å². The summed E-state index contributed by atoms with van der Waals surface area (Å²) in [6.07, 6.45) is 0.506. The van der Waals surface area contributed by atoms with Crippen LogP contribution in [-0.4, -0.2) is 34.2 Å². The number of para-hydroxylation sites is 4. The first-order valence-electron chi connectivity index (χ1n) is 10.1. The number of fused-ring (bicyclic) bond motifs is 1. The average Bonchev–Trinajstić information content (AvgIpc) is 2.85. The van der Waals surface area contributed by atoms with Crippen molar-refractivity contribution in [3.05, 3.63) is 89.9 Å². The Bertz CT molecular complexity index is 1270. The maximum absolute atomic E-state index is 13.3. The van der Waals surface area contributed by atoms with Crippen LogP contribution in [0.5, 0.6) is 0 Å². The molecule has 0 radical (unpaired) electrons. The Balaban J connectivity index is 0.000000549. The number of esters is 1. The summed E-state index contributed by atoms with van der Waals surface area (Å²) < 4.78 is 55.3. The summed E-state index contributed by atoms with van der Waals surface area (Å²) in [5.41, 5.74) is 11.1. The summed E-state index contributed by atoms with van der Waals surface area (Å²) in [5, 5.41) is 0. The van der Waals surface area contributed by atoms with Crippen LogP contribution in [0.3, 0.4) is 0 Å². The molecular weight excluding hydrogens is 496 g/mol. The minimum Gasteiger partial charge on any atom is -0.460 e. The molecule has 3 aromatic rings. The lowest BCUT2D eigenvalue weighted by molar-refractivity contribution is -0.162. The number of halogens is 4. The van der Waals surface area contributed by atoms with Crippen molar-refractivity contribution in [1.82, 2.24) is 9.97 Å². The molecule has 1 heterocycles. The fraction of sp³-hybridized carbons (Fsp3) is 0.200. The van der Waals surface area contributed by atoms with Crippen LogP contribution in [-0.2, 0) is 20.2 Å². The molecule has 2 aromatic carbocycles. The van der Waals surface area contributed by atoms with E-state index < -0.39 is 34.9 Å². The number of alkyl halides is 4. The van der Waals surface area contributed by atoms with E-state index >= 15 is 0 Å². The zero-order chi connectivity index (χ0) is 27.5.